The first-order valence-corrected chi connectivity index (χ1v) is 8.52. The lowest BCUT2D eigenvalue weighted by molar-refractivity contribution is -0.117. The number of carbonyl (C=O) groups excluding carboxylic acids is 2. The van der Waals surface area contributed by atoms with E-state index in [1.165, 1.54) is 0 Å². The van der Waals surface area contributed by atoms with Crippen molar-refractivity contribution in [3.05, 3.63) is 66.5 Å². The first kappa shape index (κ1) is 16.1. The number of hydrogen-bond acceptors (Lipinski definition) is 3. The van der Waals surface area contributed by atoms with Gasteiger partial charge in [0, 0.05) is 47.9 Å². The zero-order valence-corrected chi connectivity index (χ0v) is 14.1. The summed E-state index contributed by atoms with van der Waals surface area (Å²) < 4.78 is 0. The molecule has 1 aliphatic rings. The Morgan fingerprint density at radius 2 is 2.00 bits per heavy atom. The van der Waals surface area contributed by atoms with E-state index in [4.69, 9.17) is 0 Å². The van der Waals surface area contributed by atoms with Crippen LogP contribution >= 0.6 is 0 Å². The van der Waals surface area contributed by atoms with Crippen LogP contribution in [0.15, 0.2) is 60.9 Å². The summed E-state index contributed by atoms with van der Waals surface area (Å²) in [5.74, 6) is 0.693. The molecule has 0 atom stereocenters. The largest absolute Gasteiger partial charge is 0.345 e. The van der Waals surface area contributed by atoms with E-state index in [1.807, 2.05) is 36.4 Å². The number of imidazole rings is 1. The average Bonchev–Trinajstić information content (AvgIpc) is 3.34. The van der Waals surface area contributed by atoms with Gasteiger partial charge in [-0.15, -0.1) is 0 Å². The van der Waals surface area contributed by atoms with E-state index < -0.39 is 0 Å². The smallest absolute Gasteiger partial charge is 0.255 e. The van der Waals surface area contributed by atoms with E-state index >= 15 is 0 Å². The lowest BCUT2D eigenvalue weighted by Crippen LogP contribution is -2.23. The monoisotopic (exact) mass is 346 g/mol. The quantitative estimate of drug-likeness (QED) is 0.759. The van der Waals surface area contributed by atoms with Gasteiger partial charge in [0.1, 0.15) is 5.82 Å². The molecule has 0 radical (unpaired) electrons. The Morgan fingerprint density at radius 3 is 2.69 bits per heavy atom. The van der Waals surface area contributed by atoms with Crippen molar-refractivity contribution in [1.29, 1.82) is 0 Å². The summed E-state index contributed by atoms with van der Waals surface area (Å²) in [4.78, 5) is 33.3. The highest BCUT2D eigenvalue weighted by atomic mass is 16.2. The average molecular weight is 346 g/mol. The molecule has 2 aromatic carbocycles. The second-order valence-corrected chi connectivity index (χ2v) is 6.17. The summed E-state index contributed by atoms with van der Waals surface area (Å²) in [5, 5.41) is 2.90. The highest BCUT2D eigenvalue weighted by molar-refractivity contribution is 6.05. The highest BCUT2D eigenvalue weighted by Gasteiger charge is 2.21. The first-order chi connectivity index (χ1) is 12.7. The third-order valence-electron chi connectivity index (χ3n) is 4.41. The van der Waals surface area contributed by atoms with E-state index in [1.54, 1.807) is 29.4 Å². The number of aromatic nitrogens is 2. The first-order valence-electron chi connectivity index (χ1n) is 8.52. The molecule has 2 amide bonds. The van der Waals surface area contributed by atoms with E-state index in [0.29, 0.717) is 17.7 Å². The Morgan fingerprint density at radius 1 is 1.15 bits per heavy atom. The number of nitrogens with one attached hydrogen (secondary N) is 2. The van der Waals surface area contributed by atoms with Gasteiger partial charge >= 0.3 is 0 Å². The fourth-order valence-electron chi connectivity index (χ4n) is 3.08. The van der Waals surface area contributed by atoms with Crippen molar-refractivity contribution < 1.29 is 9.59 Å². The number of aromatic amines is 1. The summed E-state index contributed by atoms with van der Waals surface area (Å²) in [6.07, 6.45) is 4.92. The van der Waals surface area contributed by atoms with Crippen molar-refractivity contribution in [2.75, 3.05) is 16.8 Å². The van der Waals surface area contributed by atoms with Crippen LogP contribution in [0, 0.1) is 0 Å². The van der Waals surface area contributed by atoms with Crippen LogP contribution in [0.1, 0.15) is 23.2 Å². The third-order valence-corrected chi connectivity index (χ3v) is 4.41. The Kier molecular flexibility index (Phi) is 4.23. The van der Waals surface area contributed by atoms with E-state index in [-0.39, 0.29) is 11.8 Å². The lowest BCUT2D eigenvalue weighted by atomic mass is 10.1. The predicted molar refractivity (Wildman–Crippen MR) is 100 cm³/mol. The van der Waals surface area contributed by atoms with Gasteiger partial charge in [-0.25, -0.2) is 4.98 Å². The fraction of sp³-hybridized carbons (Fsp3) is 0.150. The van der Waals surface area contributed by atoms with Crippen LogP contribution in [-0.2, 0) is 4.79 Å². The maximum Gasteiger partial charge on any atom is 0.255 e. The lowest BCUT2D eigenvalue weighted by Gasteiger charge is -2.15. The summed E-state index contributed by atoms with van der Waals surface area (Å²) in [5.41, 5.74) is 2.98. The number of anilines is 2. The van der Waals surface area contributed by atoms with E-state index in [9.17, 15) is 9.59 Å². The van der Waals surface area contributed by atoms with Crippen molar-refractivity contribution in [2.24, 2.45) is 0 Å². The third kappa shape index (κ3) is 3.21. The molecule has 6 heteroatoms. The Bertz CT molecular complexity index is 933. The maximum absolute atomic E-state index is 12.5. The van der Waals surface area contributed by atoms with Gasteiger partial charge < -0.3 is 15.2 Å². The molecule has 2 heterocycles. The molecular weight excluding hydrogens is 328 g/mol. The topological polar surface area (TPSA) is 78.1 Å². The second kappa shape index (κ2) is 6.84. The minimum Gasteiger partial charge on any atom is -0.345 e. The van der Waals surface area contributed by atoms with Crippen molar-refractivity contribution >= 4 is 23.2 Å². The van der Waals surface area contributed by atoms with Crippen molar-refractivity contribution in [2.45, 2.75) is 12.8 Å². The Balaban J connectivity index is 1.48. The molecule has 0 spiro atoms. The number of hydrogen-bond donors (Lipinski definition) is 2. The molecular formula is C20H18N4O2. The second-order valence-electron chi connectivity index (χ2n) is 6.17. The molecule has 1 aliphatic heterocycles. The number of nitrogens with zero attached hydrogens (tertiary/aromatic N) is 2. The number of benzene rings is 2. The van der Waals surface area contributed by atoms with Crippen LogP contribution in [-0.4, -0.2) is 28.3 Å². The van der Waals surface area contributed by atoms with Crippen LogP contribution in [0.25, 0.3) is 11.4 Å². The number of rotatable bonds is 4. The molecule has 130 valence electrons. The van der Waals surface area contributed by atoms with Crippen molar-refractivity contribution in [3.8, 4) is 11.4 Å². The Labute approximate surface area is 150 Å². The zero-order chi connectivity index (χ0) is 17.9. The maximum atomic E-state index is 12.5. The molecule has 0 saturated carbocycles. The number of carbonyl (C=O) groups is 2. The van der Waals surface area contributed by atoms with Crippen LogP contribution in [0.2, 0.25) is 0 Å². The fourth-order valence-corrected chi connectivity index (χ4v) is 3.08. The van der Waals surface area contributed by atoms with Crippen LogP contribution in [0.3, 0.4) is 0 Å². The molecule has 4 rings (SSSR count). The normalized spacial score (nSPS) is 13.8. The predicted octanol–water partition coefficient (Wildman–Crippen LogP) is 3.46. The minimum atomic E-state index is -0.194. The minimum absolute atomic E-state index is 0.136. The molecule has 1 saturated heterocycles. The molecule has 2 N–H and O–H groups in total. The van der Waals surface area contributed by atoms with Crippen molar-refractivity contribution in [3.63, 3.8) is 0 Å². The molecule has 1 aromatic heterocycles. The van der Waals surface area contributed by atoms with Gasteiger partial charge in [-0.3, -0.25) is 9.59 Å². The molecule has 6 nitrogen and oxygen atoms in total. The van der Waals surface area contributed by atoms with Gasteiger partial charge in [0.15, 0.2) is 0 Å². The van der Waals surface area contributed by atoms with Gasteiger partial charge in [0.05, 0.1) is 0 Å². The zero-order valence-electron chi connectivity index (χ0n) is 14.1. The van der Waals surface area contributed by atoms with E-state index in [0.717, 1.165) is 30.0 Å². The SMILES string of the molecule is O=C(Nc1cccc(-c2ncc[nH]2)c1)c1ccc(N2CCCC2=O)cc1. The summed E-state index contributed by atoms with van der Waals surface area (Å²) >= 11 is 0. The standard InChI is InChI=1S/C20H18N4O2/c25-18-5-2-12-24(18)17-8-6-14(7-9-17)20(26)23-16-4-1-3-15(13-16)19-21-10-11-22-19/h1,3-4,6-11,13H,2,5,12H2,(H,21,22)(H,23,26). The van der Waals surface area contributed by atoms with Crippen LogP contribution in [0.4, 0.5) is 11.4 Å². The summed E-state index contributed by atoms with van der Waals surface area (Å²) in [7, 11) is 0. The molecule has 0 aliphatic carbocycles. The van der Waals surface area contributed by atoms with Gasteiger partial charge in [-0.2, -0.15) is 0 Å². The molecule has 3 aromatic rings. The van der Waals surface area contributed by atoms with Crippen LogP contribution in [0.5, 0.6) is 0 Å². The summed E-state index contributed by atoms with van der Waals surface area (Å²) in [6, 6.07) is 14.6. The number of H-pyrrole nitrogens is 1. The van der Waals surface area contributed by atoms with Crippen LogP contribution < -0.4 is 10.2 Å². The van der Waals surface area contributed by atoms with Gasteiger partial charge in [-0.1, -0.05) is 12.1 Å². The molecule has 26 heavy (non-hydrogen) atoms. The van der Waals surface area contributed by atoms with Gasteiger partial charge in [0.2, 0.25) is 5.91 Å². The van der Waals surface area contributed by atoms with Gasteiger partial charge in [-0.05, 0) is 42.8 Å². The molecule has 0 unspecified atom stereocenters. The van der Waals surface area contributed by atoms with Crippen molar-refractivity contribution in [1.82, 2.24) is 9.97 Å². The summed E-state index contributed by atoms with van der Waals surface area (Å²) in [6.45, 7) is 0.740. The van der Waals surface area contributed by atoms with E-state index in [2.05, 4.69) is 15.3 Å². The number of amides is 2. The highest BCUT2D eigenvalue weighted by Crippen LogP contribution is 2.23. The Hall–Kier alpha value is -3.41. The molecule has 0 bridgehead atoms. The van der Waals surface area contributed by atoms with Gasteiger partial charge in [0.25, 0.3) is 5.91 Å². The molecule has 1 fully saturated rings.